The van der Waals surface area contributed by atoms with Gasteiger partial charge in [0.1, 0.15) is 24.0 Å². The van der Waals surface area contributed by atoms with Crippen molar-refractivity contribution < 1.29 is 9.84 Å². The number of hydrogen-bond donors (Lipinski definition) is 2. The smallest absolute Gasteiger partial charge is 0.147 e. The Morgan fingerprint density at radius 3 is 3.11 bits per heavy atom. The molecule has 3 atom stereocenters. The van der Waals surface area contributed by atoms with Crippen LogP contribution < -0.4 is 5.73 Å². The lowest BCUT2D eigenvalue weighted by Crippen LogP contribution is -2.16. The summed E-state index contributed by atoms with van der Waals surface area (Å²) in [4.78, 5) is 8.29. The summed E-state index contributed by atoms with van der Waals surface area (Å²) in [5.74, 6) is 0.859. The predicted molar refractivity (Wildman–Crippen MR) is 71.3 cm³/mol. The van der Waals surface area contributed by atoms with Crippen molar-refractivity contribution in [3.8, 4) is 0 Å². The lowest BCUT2D eigenvalue weighted by molar-refractivity contribution is -0.0311. The second-order valence-corrected chi connectivity index (χ2v) is 4.95. The number of hydrogen-bond acceptors (Lipinski definition) is 5. The molecule has 0 bridgehead atoms. The van der Waals surface area contributed by atoms with Gasteiger partial charge in [0.05, 0.1) is 18.1 Å². The number of nitrogen functional groups attached to an aromatic ring is 1. The number of nitrogens with two attached hydrogens (primary N) is 1. The quantitative estimate of drug-likeness (QED) is 0.871. The molecule has 3 N–H and O–H groups in total. The summed E-state index contributed by atoms with van der Waals surface area (Å²) in [6.45, 7) is 2.19. The van der Waals surface area contributed by atoms with Crippen LogP contribution in [-0.2, 0) is 4.74 Å². The van der Waals surface area contributed by atoms with Crippen molar-refractivity contribution >= 4 is 16.9 Å². The first-order chi connectivity index (χ1) is 9.24. The van der Waals surface area contributed by atoms with E-state index >= 15 is 0 Å². The van der Waals surface area contributed by atoms with Crippen LogP contribution in [0.5, 0.6) is 0 Å². The summed E-state index contributed by atoms with van der Waals surface area (Å²) in [6, 6.07) is 1.91. The molecule has 0 amide bonds. The second kappa shape index (κ2) is 4.79. The molecule has 3 heterocycles. The molecule has 0 aromatic carbocycles. The largest absolute Gasteiger partial charge is 0.394 e. The van der Waals surface area contributed by atoms with Gasteiger partial charge in [0, 0.05) is 12.1 Å². The standard InChI is InChI=1S/C13H18N4O2/c1-2-8-5-9(6-18)19-13(8)17-4-3-10-11(14)15-7-16-12(10)17/h3-4,7-9,13,18H,2,5-6H2,1H3,(H2,14,15,16). The summed E-state index contributed by atoms with van der Waals surface area (Å²) in [6.07, 6.45) is 5.09. The van der Waals surface area contributed by atoms with E-state index in [0.717, 1.165) is 23.9 Å². The third-order valence-corrected chi connectivity index (χ3v) is 3.84. The number of nitrogens with zero attached hydrogens (tertiary/aromatic N) is 3. The van der Waals surface area contributed by atoms with Gasteiger partial charge < -0.3 is 20.1 Å². The van der Waals surface area contributed by atoms with E-state index in [0.29, 0.717) is 11.7 Å². The number of anilines is 1. The maximum Gasteiger partial charge on any atom is 0.147 e. The van der Waals surface area contributed by atoms with Crippen LogP contribution in [-0.4, -0.2) is 32.4 Å². The van der Waals surface area contributed by atoms with Crippen molar-refractivity contribution in [2.75, 3.05) is 12.3 Å². The molecular formula is C13H18N4O2. The van der Waals surface area contributed by atoms with E-state index in [4.69, 9.17) is 10.5 Å². The normalized spacial score (nSPS) is 27.2. The van der Waals surface area contributed by atoms with Crippen molar-refractivity contribution in [1.82, 2.24) is 14.5 Å². The van der Waals surface area contributed by atoms with E-state index in [9.17, 15) is 5.11 Å². The second-order valence-electron chi connectivity index (χ2n) is 4.95. The fourth-order valence-electron chi connectivity index (χ4n) is 2.79. The van der Waals surface area contributed by atoms with Crippen molar-refractivity contribution in [2.24, 2.45) is 5.92 Å². The Labute approximate surface area is 111 Å². The van der Waals surface area contributed by atoms with Crippen LogP contribution in [0.25, 0.3) is 11.0 Å². The Bertz CT molecular complexity index is 583. The fourth-order valence-corrected chi connectivity index (χ4v) is 2.79. The molecule has 1 fully saturated rings. The van der Waals surface area contributed by atoms with Gasteiger partial charge in [-0.1, -0.05) is 6.92 Å². The maximum absolute atomic E-state index is 9.27. The minimum Gasteiger partial charge on any atom is -0.394 e. The highest BCUT2D eigenvalue weighted by molar-refractivity contribution is 5.86. The van der Waals surface area contributed by atoms with Gasteiger partial charge in [-0.3, -0.25) is 0 Å². The van der Waals surface area contributed by atoms with Crippen LogP contribution in [0.1, 0.15) is 26.0 Å². The van der Waals surface area contributed by atoms with Gasteiger partial charge in [-0.2, -0.15) is 0 Å². The lowest BCUT2D eigenvalue weighted by atomic mass is 10.0. The average molecular weight is 262 g/mol. The summed E-state index contributed by atoms with van der Waals surface area (Å²) in [5.41, 5.74) is 6.63. The van der Waals surface area contributed by atoms with Gasteiger partial charge in [-0.05, 0) is 18.9 Å². The van der Waals surface area contributed by atoms with Crippen molar-refractivity contribution in [3.05, 3.63) is 18.6 Å². The highest BCUT2D eigenvalue weighted by Gasteiger charge is 2.35. The van der Waals surface area contributed by atoms with E-state index in [1.165, 1.54) is 6.33 Å². The van der Waals surface area contributed by atoms with Gasteiger partial charge in [0.25, 0.3) is 0 Å². The predicted octanol–water partition coefficient (Wildman–Crippen LogP) is 1.32. The minimum atomic E-state index is -0.0911. The maximum atomic E-state index is 9.27. The summed E-state index contributed by atoms with van der Waals surface area (Å²) in [7, 11) is 0. The number of fused-ring (bicyclic) bond motifs is 1. The zero-order valence-corrected chi connectivity index (χ0v) is 10.9. The van der Waals surface area contributed by atoms with Gasteiger partial charge in [-0.25, -0.2) is 9.97 Å². The molecule has 19 heavy (non-hydrogen) atoms. The van der Waals surface area contributed by atoms with E-state index in [2.05, 4.69) is 16.9 Å². The molecule has 3 rings (SSSR count). The minimum absolute atomic E-state index is 0.0589. The molecular weight excluding hydrogens is 244 g/mol. The molecule has 2 aromatic rings. The number of rotatable bonds is 3. The molecule has 0 aliphatic carbocycles. The fraction of sp³-hybridized carbons (Fsp3) is 0.538. The number of ether oxygens (including phenoxy) is 1. The average Bonchev–Trinajstić information content (AvgIpc) is 3.02. The zero-order chi connectivity index (χ0) is 13.4. The van der Waals surface area contributed by atoms with Gasteiger partial charge >= 0.3 is 0 Å². The molecule has 0 radical (unpaired) electrons. The highest BCUT2D eigenvalue weighted by atomic mass is 16.5. The van der Waals surface area contributed by atoms with Gasteiger partial charge in [0.15, 0.2) is 0 Å². The highest BCUT2D eigenvalue weighted by Crippen LogP contribution is 2.38. The Hall–Kier alpha value is -1.66. The Morgan fingerprint density at radius 2 is 2.37 bits per heavy atom. The summed E-state index contributed by atoms with van der Waals surface area (Å²) >= 11 is 0. The molecule has 6 heteroatoms. The first-order valence-electron chi connectivity index (χ1n) is 6.58. The third-order valence-electron chi connectivity index (χ3n) is 3.84. The first kappa shape index (κ1) is 12.4. The topological polar surface area (TPSA) is 86.2 Å². The molecule has 1 saturated heterocycles. The van der Waals surface area contributed by atoms with Crippen LogP contribution >= 0.6 is 0 Å². The van der Waals surface area contributed by atoms with Crippen LogP contribution in [0.15, 0.2) is 18.6 Å². The Morgan fingerprint density at radius 1 is 1.53 bits per heavy atom. The van der Waals surface area contributed by atoms with Crippen LogP contribution in [0, 0.1) is 5.92 Å². The Kier molecular flexibility index (Phi) is 3.12. The molecule has 1 aliphatic heterocycles. The monoisotopic (exact) mass is 262 g/mol. The molecule has 0 saturated carbocycles. The molecule has 102 valence electrons. The van der Waals surface area contributed by atoms with Crippen molar-refractivity contribution in [1.29, 1.82) is 0 Å². The lowest BCUT2D eigenvalue weighted by Gasteiger charge is -2.19. The Balaban J connectivity index is 2.02. The number of aromatic nitrogens is 3. The molecule has 3 unspecified atom stereocenters. The van der Waals surface area contributed by atoms with Crippen LogP contribution in [0.2, 0.25) is 0 Å². The summed E-state index contributed by atoms with van der Waals surface area (Å²) < 4.78 is 7.92. The molecule has 0 spiro atoms. The first-order valence-corrected chi connectivity index (χ1v) is 6.58. The van der Waals surface area contributed by atoms with Crippen molar-refractivity contribution in [3.63, 3.8) is 0 Å². The van der Waals surface area contributed by atoms with E-state index in [1.807, 2.05) is 16.8 Å². The van der Waals surface area contributed by atoms with Crippen LogP contribution in [0.3, 0.4) is 0 Å². The van der Waals surface area contributed by atoms with Gasteiger partial charge in [-0.15, -0.1) is 0 Å². The number of aliphatic hydroxyl groups excluding tert-OH is 1. The SMILES string of the molecule is CCC1CC(CO)OC1n1ccc2c(N)ncnc21. The zero-order valence-electron chi connectivity index (χ0n) is 10.9. The molecule has 6 nitrogen and oxygen atoms in total. The van der Waals surface area contributed by atoms with E-state index in [1.54, 1.807) is 0 Å². The van der Waals surface area contributed by atoms with Crippen molar-refractivity contribution in [2.45, 2.75) is 32.1 Å². The number of aliphatic hydroxyl groups is 1. The third kappa shape index (κ3) is 1.97. The van der Waals surface area contributed by atoms with E-state index in [-0.39, 0.29) is 18.9 Å². The van der Waals surface area contributed by atoms with Crippen LogP contribution in [0.4, 0.5) is 5.82 Å². The van der Waals surface area contributed by atoms with Gasteiger partial charge in [0.2, 0.25) is 0 Å². The molecule has 1 aliphatic rings. The summed E-state index contributed by atoms with van der Waals surface area (Å²) in [5, 5.41) is 10.1. The molecule has 2 aromatic heterocycles. The van der Waals surface area contributed by atoms with E-state index < -0.39 is 0 Å².